The molecule has 1 aromatic carbocycles. The summed E-state index contributed by atoms with van der Waals surface area (Å²) >= 11 is 0. The van der Waals surface area contributed by atoms with Crippen LogP contribution in [-0.2, 0) is 10.8 Å². The van der Waals surface area contributed by atoms with Crippen LogP contribution < -0.4 is 0 Å². The lowest BCUT2D eigenvalue weighted by Crippen LogP contribution is -2.26. The van der Waals surface area contributed by atoms with Crippen LogP contribution in [0.15, 0.2) is 24.3 Å². The zero-order chi connectivity index (χ0) is 22.3. The Morgan fingerprint density at radius 2 is 0.767 bits per heavy atom. The maximum atomic E-state index is 2.48. The van der Waals surface area contributed by atoms with Crippen molar-refractivity contribution in [2.24, 2.45) is 0 Å². The molecule has 0 saturated heterocycles. The van der Waals surface area contributed by atoms with Crippen LogP contribution >= 0.6 is 0 Å². The molecule has 0 aliphatic heterocycles. The van der Waals surface area contributed by atoms with Crippen LogP contribution in [0.1, 0.15) is 155 Å². The molecule has 0 nitrogen and oxygen atoms in total. The lowest BCUT2D eigenvalue weighted by atomic mass is 9.70. The molecule has 0 amide bonds. The highest BCUT2D eigenvalue weighted by molar-refractivity contribution is 5.38. The normalized spacial score (nSPS) is 12.5. The maximum Gasteiger partial charge on any atom is -0.0101 e. The molecule has 30 heavy (non-hydrogen) atoms. The molecule has 0 aromatic heterocycles. The van der Waals surface area contributed by atoms with Crippen LogP contribution in [0.5, 0.6) is 0 Å². The van der Waals surface area contributed by atoms with Crippen molar-refractivity contribution in [1.29, 1.82) is 0 Å². The second kappa shape index (κ2) is 15.1. The van der Waals surface area contributed by atoms with Crippen molar-refractivity contribution in [1.82, 2.24) is 0 Å². The third-order valence-electron chi connectivity index (χ3n) is 7.20. The monoisotopic (exact) mass is 414 g/mol. The molecule has 0 heteroatoms. The molecule has 0 aliphatic carbocycles. The molecule has 0 radical (unpaired) electrons. The SMILES string of the molecule is CCCCCCCCCC(C)(C)c1ccccc1C(C)(C)CCCCCCCCC. The molecule has 1 rings (SSSR count). The average molecular weight is 415 g/mol. The molecule has 174 valence electrons. The predicted molar refractivity (Wildman–Crippen MR) is 138 cm³/mol. The first-order valence-corrected chi connectivity index (χ1v) is 13.4. The van der Waals surface area contributed by atoms with E-state index in [1.165, 1.54) is 103 Å². The molecule has 0 saturated carbocycles. The minimum absolute atomic E-state index is 0.275. The first kappa shape index (κ1) is 27.3. The van der Waals surface area contributed by atoms with Crippen LogP contribution in [0, 0.1) is 0 Å². The first-order chi connectivity index (χ1) is 14.3. The lowest BCUT2D eigenvalue weighted by Gasteiger charge is -2.35. The Hall–Kier alpha value is -0.780. The Morgan fingerprint density at radius 1 is 0.467 bits per heavy atom. The minimum atomic E-state index is 0.275. The van der Waals surface area contributed by atoms with Crippen molar-refractivity contribution in [3.05, 3.63) is 35.4 Å². The second-order valence-corrected chi connectivity index (χ2v) is 11.1. The Kier molecular flexibility index (Phi) is 13.7. The van der Waals surface area contributed by atoms with E-state index in [-0.39, 0.29) is 10.8 Å². The Bertz CT molecular complexity index is 488. The first-order valence-electron chi connectivity index (χ1n) is 13.4. The standard InChI is InChI=1S/C30H54/c1-7-9-11-13-15-17-21-25-29(3,4)27-23-19-20-24-28(27)30(5,6)26-22-18-16-14-12-10-8-2/h19-20,23-24H,7-18,21-22,25-26H2,1-6H3. The molecule has 0 bridgehead atoms. The summed E-state index contributed by atoms with van der Waals surface area (Å²) in [6, 6.07) is 9.36. The number of rotatable bonds is 18. The molecule has 0 heterocycles. The quantitative estimate of drug-likeness (QED) is 0.209. The van der Waals surface area contributed by atoms with Gasteiger partial charge in [-0.3, -0.25) is 0 Å². The van der Waals surface area contributed by atoms with E-state index in [9.17, 15) is 0 Å². The molecule has 0 aliphatic rings. The van der Waals surface area contributed by atoms with Gasteiger partial charge in [-0.15, -0.1) is 0 Å². The van der Waals surface area contributed by atoms with Crippen LogP contribution in [0.2, 0.25) is 0 Å². The second-order valence-electron chi connectivity index (χ2n) is 11.1. The van der Waals surface area contributed by atoms with Crippen molar-refractivity contribution in [2.45, 2.75) is 155 Å². The van der Waals surface area contributed by atoms with E-state index in [1.807, 2.05) is 0 Å². The molecule has 0 fully saturated rings. The number of unbranched alkanes of at least 4 members (excludes halogenated alkanes) is 12. The van der Waals surface area contributed by atoms with Crippen LogP contribution in [-0.4, -0.2) is 0 Å². The van der Waals surface area contributed by atoms with Gasteiger partial charge in [-0.1, -0.05) is 156 Å². The Morgan fingerprint density at radius 3 is 1.10 bits per heavy atom. The molecule has 1 aromatic rings. The van der Waals surface area contributed by atoms with Crippen molar-refractivity contribution in [2.75, 3.05) is 0 Å². The van der Waals surface area contributed by atoms with Crippen molar-refractivity contribution >= 4 is 0 Å². The largest absolute Gasteiger partial charge is 0.0654 e. The Labute approximate surface area is 190 Å². The number of hydrogen-bond donors (Lipinski definition) is 0. The van der Waals surface area contributed by atoms with Gasteiger partial charge >= 0.3 is 0 Å². The maximum absolute atomic E-state index is 2.48. The Balaban J connectivity index is 2.57. The number of hydrogen-bond acceptors (Lipinski definition) is 0. The van der Waals surface area contributed by atoms with Crippen molar-refractivity contribution in [3.8, 4) is 0 Å². The fourth-order valence-corrected chi connectivity index (χ4v) is 4.98. The third-order valence-corrected chi connectivity index (χ3v) is 7.20. The molecular formula is C30H54. The van der Waals surface area contributed by atoms with E-state index >= 15 is 0 Å². The zero-order valence-electron chi connectivity index (χ0n) is 21.6. The molecule has 0 spiro atoms. The molecule has 0 atom stereocenters. The summed E-state index contributed by atoms with van der Waals surface area (Å²) in [5.74, 6) is 0. The van der Waals surface area contributed by atoms with Gasteiger partial charge in [-0.05, 0) is 34.8 Å². The summed E-state index contributed by atoms with van der Waals surface area (Å²) in [4.78, 5) is 0. The molecule has 0 unspecified atom stereocenters. The smallest absolute Gasteiger partial charge is 0.0101 e. The summed E-state index contributed by atoms with van der Waals surface area (Å²) in [5.41, 5.74) is 3.75. The fourth-order valence-electron chi connectivity index (χ4n) is 4.98. The fraction of sp³-hybridized carbons (Fsp3) is 0.800. The van der Waals surface area contributed by atoms with Crippen molar-refractivity contribution in [3.63, 3.8) is 0 Å². The highest BCUT2D eigenvalue weighted by atomic mass is 14.3. The van der Waals surface area contributed by atoms with E-state index in [1.54, 1.807) is 11.1 Å². The van der Waals surface area contributed by atoms with Gasteiger partial charge in [0.15, 0.2) is 0 Å². The van der Waals surface area contributed by atoms with Crippen LogP contribution in [0.4, 0.5) is 0 Å². The topological polar surface area (TPSA) is 0 Å². The average Bonchev–Trinajstić information content (AvgIpc) is 2.72. The summed E-state index contributed by atoms with van der Waals surface area (Å²) in [7, 11) is 0. The highest BCUT2D eigenvalue weighted by Gasteiger charge is 2.29. The third kappa shape index (κ3) is 10.5. The van der Waals surface area contributed by atoms with Crippen molar-refractivity contribution < 1.29 is 0 Å². The van der Waals surface area contributed by atoms with E-state index < -0.39 is 0 Å². The van der Waals surface area contributed by atoms with Gasteiger partial charge in [-0.25, -0.2) is 0 Å². The molecule has 0 N–H and O–H groups in total. The summed E-state index contributed by atoms with van der Waals surface area (Å²) in [6.45, 7) is 14.5. The number of benzene rings is 1. The van der Waals surface area contributed by atoms with Gasteiger partial charge < -0.3 is 0 Å². The van der Waals surface area contributed by atoms with Gasteiger partial charge in [0, 0.05) is 0 Å². The predicted octanol–water partition coefficient (Wildman–Crippen LogP) is 10.5. The zero-order valence-corrected chi connectivity index (χ0v) is 21.6. The summed E-state index contributed by atoms with van der Waals surface area (Å²) < 4.78 is 0. The van der Waals surface area contributed by atoms with Crippen LogP contribution in [0.25, 0.3) is 0 Å². The van der Waals surface area contributed by atoms with Gasteiger partial charge in [-0.2, -0.15) is 0 Å². The summed E-state index contributed by atoms with van der Waals surface area (Å²) in [5, 5.41) is 0. The van der Waals surface area contributed by atoms with E-state index in [0.29, 0.717) is 0 Å². The van der Waals surface area contributed by atoms with E-state index in [0.717, 1.165) is 0 Å². The highest BCUT2D eigenvalue weighted by Crippen LogP contribution is 2.39. The minimum Gasteiger partial charge on any atom is -0.0654 e. The van der Waals surface area contributed by atoms with Crippen LogP contribution in [0.3, 0.4) is 0 Å². The summed E-state index contributed by atoms with van der Waals surface area (Å²) in [6.07, 6.45) is 22.2. The van der Waals surface area contributed by atoms with Gasteiger partial charge in [0.05, 0.1) is 0 Å². The van der Waals surface area contributed by atoms with Gasteiger partial charge in [0.2, 0.25) is 0 Å². The van der Waals surface area contributed by atoms with E-state index in [4.69, 9.17) is 0 Å². The molecular weight excluding hydrogens is 360 g/mol. The van der Waals surface area contributed by atoms with E-state index in [2.05, 4.69) is 65.8 Å². The van der Waals surface area contributed by atoms with Gasteiger partial charge in [0.25, 0.3) is 0 Å². The van der Waals surface area contributed by atoms with Gasteiger partial charge in [0.1, 0.15) is 0 Å². The lowest BCUT2D eigenvalue weighted by molar-refractivity contribution is 0.405.